The molecule has 1 saturated heterocycles. The first-order valence-electron chi connectivity index (χ1n) is 12.2. The topological polar surface area (TPSA) is 114 Å². The third-order valence-electron chi connectivity index (χ3n) is 6.87. The normalized spacial score (nSPS) is 23.3. The number of aliphatic hydroxyl groups is 1. The van der Waals surface area contributed by atoms with Gasteiger partial charge in [0.1, 0.15) is 11.9 Å². The van der Waals surface area contributed by atoms with Crippen molar-refractivity contribution in [3.8, 4) is 5.75 Å². The van der Waals surface area contributed by atoms with Gasteiger partial charge in [-0.1, -0.05) is 25.3 Å². The Bertz CT molecular complexity index is 923. The van der Waals surface area contributed by atoms with E-state index >= 15 is 0 Å². The van der Waals surface area contributed by atoms with Crippen LogP contribution in [0.2, 0.25) is 0 Å². The molecule has 186 valence electrons. The number of carbonyl (C=O) groups is 3. The van der Waals surface area contributed by atoms with Gasteiger partial charge in [-0.3, -0.25) is 4.79 Å². The fourth-order valence-electron chi connectivity index (χ4n) is 5.28. The fourth-order valence-corrected chi connectivity index (χ4v) is 5.28. The van der Waals surface area contributed by atoms with E-state index in [0.717, 1.165) is 43.4 Å². The van der Waals surface area contributed by atoms with Gasteiger partial charge in [0.25, 0.3) is 0 Å². The second kappa shape index (κ2) is 9.92. The van der Waals surface area contributed by atoms with Gasteiger partial charge in [-0.15, -0.1) is 0 Å². The lowest BCUT2D eigenvalue weighted by Crippen LogP contribution is -2.58. The number of hydrogen-bond acceptors (Lipinski definition) is 8. The third kappa shape index (κ3) is 4.90. The van der Waals surface area contributed by atoms with Crippen molar-refractivity contribution in [1.29, 1.82) is 0 Å². The summed E-state index contributed by atoms with van der Waals surface area (Å²) in [5, 5.41) is 12.8. The molecule has 4 rings (SSSR count). The van der Waals surface area contributed by atoms with E-state index in [0.29, 0.717) is 12.5 Å². The molecule has 1 aromatic rings. The highest BCUT2D eigenvalue weighted by Crippen LogP contribution is 2.43. The summed E-state index contributed by atoms with van der Waals surface area (Å²) in [4.78, 5) is 38.5. The Morgan fingerprint density at radius 1 is 1.18 bits per heavy atom. The third-order valence-corrected chi connectivity index (χ3v) is 6.87. The Kier molecular flexibility index (Phi) is 7.14. The van der Waals surface area contributed by atoms with E-state index in [4.69, 9.17) is 14.2 Å². The predicted octanol–water partition coefficient (Wildman–Crippen LogP) is 2.20. The summed E-state index contributed by atoms with van der Waals surface area (Å²) in [5.74, 6) is -3.55. The van der Waals surface area contributed by atoms with Crippen molar-refractivity contribution in [2.24, 2.45) is 5.92 Å². The highest BCUT2D eigenvalue weighted by atomic mass is 16.8. The number of cyclic esters (lactones) is 2. The SMILES string of the molecule is CC(C)Oc1ccc2c(c1)[C@@H](C1CCCCC1)N(C(=O)CNC1([C@@H](C)O)OC(=O)C(=O)O1)CC2. The standard InChI is InChI=1S/C25H34N2O7/c1-15(2)32-19-10-9-17-11-12-27(22(20(17)13-19)18-7-5-4-6-8-18)21(29)14-26-25(16(3)28)33-23(30)24(31)34-25/h9-10,13,15-16,18,22,26,28H,4-8,11-12,14H2,1-3H3/t16-,22-/m1/s1. The molecule has 1 aromatic carbocycles. The van der Waals surface area contributed by atoms with Crippen LogP contribution in [-0.4, -0.2) is 59.1 Å². The van der Waals surface area contributed by atoms with Gasteiger partial charge in [0.15, 0.2) is 0 Å². The van der Waals surface area contributed by atoms with Gasteiger partial charge in [-0.2, -0.15) is 0 Å². The van der Waals surface area contributed by atoms with Crippen molar-refractivity contribution >= 4 is 17.8 Å². The van der Waals surface area contributed by atoms with Crippen LogP contribution in [0.5, 0.6) is 5.75 Å². The molecule has 2 heterocycles. The molecule has 1 saturated carbocycles. The quantitative estimate of drug-likeness (QED) is 0.457. The first-order valence-corrected chi connectivity index (χ1v) is 12.2. The summed E-state index contributed by atoms with van der Waals surface area (Å²) >= 11 is 0. The minimum Gasteiger partial charge on any atom is -0.491 e. The van der Waals surface area contributed by atoms with E-state index in [-0.39, 0.29) is 24.6 Å². The van der Waals surface area contributed by atoms with Crippen LogP contribution in [0.1, 0.15) is 70.0 Å². The molecule has 34 heavy (non-hydrogen) atoms. The maximum Gasteiger partial charge on any atom is 0.421 e. The Morgan fingerprint density at radius 3 is 2.47 bits per heavy atom. The maximum atomic E-state index is 13.5. The zero-order chi connectivity index (χ0) is 24.5. The molecular formula is C25H34N2O7. The summed E-state index contributed by atoms with van der Waals surface area (Å²) in [7, 11) is 0. The number of benzene rings is 1. The van der Waals surface area contributed by atoms with Crippen LogP contribution in [0.25, 0.3) is 0 Å². The van der Waals surface area contributed by atoms with Crippen LogP contribution in [0.4, 0.5) is 0 Å². The first-order chi connectivity index (χ1) is 16.2. The molecule has 9 nitrogen and oxygen atoms in total. The van der Waals surface area contributed by atoms with E-state index in [2.05, 4.69) is 17.4 Å². The van der Waals surface area contributed by atoms with Gasteiger partial charge >= 0.3 is 17.8 Å². The highest BCUT2D eigenvalue weighted by Gasteiger charge is 2.53. The van der Waals surface area contributed by atoms with Crippen molar-refractivity contribution in [3.63, 3.8) is 0 Å². The Morgan fingerprint density at radius 2 is 1.85 bits per heavy atom. The highest BCUT2D eigenvalue weighted by molar-refractivity contribution is 6.31. The van der Waals surface area contributed by atoms with E-state index in [1.807, 2.05) is 24.8 Å². The maximum absolute atomic E-state index is 13.5. The number of ether oxygens (including phenoxy) is 3. The molecule has 1 amide bonds. The zero-order valence-electron chi connectivity index (χ0n) is 20.0. The van der Waals surface area contributed by atoms with Crippen molar-refractivity contribution in [1.82, 2.24) is 10.2 Å². The lowest BCUT2D eigenvalue weighted by atomic mass is 9.77. The lowest BCUT2D eigenvalue weighted by Gasteiger charge is -2.43. The number of carbonyl (C=O) groups excluding carboxylic acids is 3. The summed E-state index contributed by atoms with van der Waals surface area (Å²) in [6, 6.07) is 6.07. The minimum absolute atomic E-state index is 0.0465. The van der Waals surface area contributed by atoms with E-state index in [9.17, 15) is 19.5 Å². The van der Waals surface area contributed by atoms with Gasteiger partial charge in [0.2, 0.25) is 5.91 Å². The van der Waals surface area contributed by atoms with E-state index < -0.39 is 24.0 Å². The van der Waals surface area contributed by atoms with Crippen LogP contribution < -0.4 is 10.1 Å². The van der Waals surface area contributed by atoms with Crippen LogP contribution in [-0.2, 0) is 30.3 Å². The molecular weight excluding hydrogens is 440 g/mol. The Hall–Kier alpha value is -2.65. The van der Waals surface area contributed by atoms with Crippen molar-refractivity contribution in [3.05, 3.63) is 29.3 Å². The number of esters is 2. The fraction of sp³-hybridized carbons (Fsp3) is 0.640. The van der Waals surface area contributed by atoms with Crippen molar-refractivity contribution < 1.29 is 33.7 Å². The lowest BCUT2D eigenvalue weighted by molar-refractivity contribution is -0.232. The summed E-state index contributed by atoms with van der Waals surface area (Å²) in [6.07, 6.45) is 4.97. The van der Waals surface area contributed by atoms with E-state index in [1.165, 1.54) is 18.9 Å². The number of rotatable bonds is 7. The smallest absolute Gasteiger partial charge is 0.421 e. The molecule has 0 unspecified atom stereocenters. The monoisotopic (exact) mass is 474 g/mol. The van der Waals surface area contributed by atoms with Crippen LogP contribution in [0, 0.1) is 5.92 Å². The number of nitrogens with one attached hydrogen (secondary N) is 1. The molecule has 0 bridgehead atoms. The molecule has 0 spiro atoms. The van der Waals surface area contributed by atoms with Gasteiger partial charge in [0.05, 0.1) is 18.7 Å². The summed E-state index contributed by atoms with van der Waals surface area (Å²) in [5.41, 5.74) is 2.34. The summed E-state index contributed by atoms with van der Waals surface area (Å²) in [6.45, 7) is 5.59. The minimum atomic E-state index is -2.06. The van der Waals surface area contributed by atoms with Crippen LogP contribution in [0.15, 0.2) is 18.2 Å². The van der Waals surface area contributed by atoms with Crippen molar-refractivity contribution in [2.75, 3.05) is 13.1 Å². The van der Waals surface area contributed by atoms with Gasteiger partial charge in [0, 0.05) is 6.54 Å². The van der Waals surface area contributed by atoms with Gasteiger partial charge < -0.3 is 24.2 Å². The van der Waals surface area contributed by atoms with Crippen molar-refractivity contribution in [2.45, 2.75) is 83.5 Å². The predicted molar refractivity (Wildman–Crippen MR) is 122 cm³/mol. The average molecular weight is 475 g/mol. The molecule has 1 aliphatic carbocycles. The molecule has 2 aliphatic heterocycles. The Balaban J connectivity index is 1.58. The van der Waals surface area contributed by atoms with Gasteiger partial charge in [-0.05, 0) is 69.2 Å². The molecule has 9 heteroatoms. The number of fused-ring (bicyclic) bond motifs is 1. The second-order valence-electron chi connectivity index (χ2n) is 9.68. The number of amides is 1. The summed E-state index contributed by atoms with van der Waals surface area (Å²) < 4.78 is 15.9. The molecule has 2 N–H and O–H groups in total. The van der Waals surface area contributed by atoms with Crippen LogP contribution >= 0.6 is 0 Å². The molecule has 0 aromatic heterocycles. The number of nitrogens with zero attached hydrogens (tertiary/aromatic N) is 1. The molecule has 2 fully saturated rings. The largest absolute Gasteiger partial charge is 0.491 e. The molecule has 3 aliphatic rings. The first kappa shape index (κ1) is 24.5. The number of hydrogen-bond donors (Lipinski definition) is 2. The zero-order valence-corrected chi connectivity index (χ0v) is 20.0. The van der Waals surface area contributed by atoms with Crippen LogP contribution in [0.3, 0.4) is 0 Å². The molecule has 2 atom stereocenters. The molecule has 0 radical (unpaired) electrons. The average Bonchev–Trinajstić information content (AvgIpc) is 3.11. The Labute approximate surface area is 199 Å². The number of aliphatic hydroxyl groups excluding tert-OH is 1. The second-order valence-corrected chi connectivity index (χ2v) is 9.68. The van der Waals surface area contributed by atoms with E-state index in [1.54, 1.807) is 0 Å². The van der Waals surface area contributed by atoms with Gasteiger partial charge in [-0.25, -0.2) is 14.9 Å².